The van der Waals surface area contributed by atoms with Crippen molar-refractivity contribution in [3.63, 3.8) is 0 Å². The fourth-order valence-corrected chi connectivity index (χ4v) is 1.83. The fraction of sp³-hybridized carbons (Fsp3) is 0.571. The Morgan fingerprint density at radius 3 is 2.45 bits per heavy atom. The molecule has 0 amide bonds. The average Bonchev–Trinajstić information content (AvgIpc) is 2.26. The molecule has 1 N–H and O–H groups in total. The molecule has 0 saturated heterocycles. The third kappa shape index (κ3) is 6.86. The molecule has 1 rings (SSSR count). The third-order valence-electron chi connectivity index (χ3n) is 2.53. The van der Waals surface area contributed by atoms with Crippen LogP contribution in [0, 0.1) is 5.82 Å². The largest absolute Gasteiger partial charge is 0.489 e. The smallest absolute Gasteiger partial charge is 0.165 e. The van der Waals surface area contributed by atoms with E-state index in [1.807, 2.05) is 20.8 Å². The number of hydrogen-bond acceptors (Lipinski definition) is 4. The minimum absolute atomic E-state index is 0.0405. The molecule has 0 heterocycles. The van der Waals surface area contributed by atoms with Crippen LogP contribution < -0.4 is 10.1 Å². The van der Waals surface area contributed by atoms with Crippen LogP contribution in [0.2, 0.25) is 0 Å². The van der Waals surface area contributed by atoms with Gasteiger partial charge in [0.2, 0.25) is 0 Å². The van der Waals surface area contributed by atoms with Crippen LogP contribution in [0.15, 0.2) is 18.2 Å². The number of halogens is 1. The van der Waals surface area contributed by atoms with Crippen LogP contribution in [0.4, 0.5) is 4.39 Å². The lowest BCUT2D eigenvalue weighted by Gasteiger charge is -2.20. The predicted molar refractivity (Wildman–Crippen MR) is 78.2 cm³/mol. The van der Waals surface area contributed by atoms with Crippen LogP contribution in [0.5, 0.6) is 5.75 Å². The summed E-state index contributed by atoms with van der Waals surface area (Å²) in [6.07, 6.45) is 1.12. The summed E-state index contributed by atoms with van der Waals surface area (Å²) in [5, 5.41) is 3.26. The summed E-state index contributed by atoms with van der Waals surface area (Å²) in [4.78, 5) is 0. The van der Waals surface area contributed by atoms with Crippen molar-refractivity contribution in [1.29, 1.82) is 0 Å². The van der Waals surface area contributed by atoms with Crippen LogP contribution >= 0.6 is 0 Å². The van der Waals surface area contributed by atoms with Crippen LogP contribution in [-0.2, 0) is 16.4 Å². The minimum atomic E-state index is -3.10. The summed E-state index contributed by atoms with van der Waals surface area (Å²) in [5.41, 5.74) is 0.772. The van der Waals surface area contributed by atoms with Gasteiger partial charge in [-0.3, -0.25) is 0 Å². The summed E-state index contributed by atoms with van der Waals surface area (Å²) in [6, 6.07) is 4.68. The van der Waals surface area contributed by atoms with E-state index >= 15 is 0 Å². The Morgan fingerprint density at radius 1 is 1.30 bits per heavy atom. The van der Waals surface area contributed by atoms with Gasteiger partial charge in [-0.2, -0.15) is 0 Å². The highest BCUT2D eigenvalue weighted by molar-refractivity contribution is 7.90. The summed E-state index contributed by atoms with van der Waals surface area (Å²) >= 11 is 0. The zero-order valence-corrected chi connectivity index (χ0v) is 13.2. The lowest BCUT2D eigenvalue weighted by atomic mass is 10.1. The van der Waals surface area contributed by atoms with Crippen molar-refractivity contribution in [3.8, 4) is 5.75 Å². The summed E-state index contributed by atoms with van der Waals surface area (Å²) < 4.78 is 40.8. The Balaban J connectivity index is 2.59. The van der Waals surface area contributed by atoms with Crippen molar-refractivity contribution in [2.45, 2.75) is 32.9 Å². The Labute approximate surface area is 120 Å². The lowest BCUT2D eigenvalue weighted by molar-refractivity contribution is 0.322. The maximum absolute atomic E-state index is 13.8. The topological polar surface area (TPSA) is 55.4 Å². The molecule has 4 nitrogen and oxygen atoms in total. The first-order valence-corrected chi connectivity index (χ1v) is 8.47. The summed E-state index contributed by atoms with van der Waals surface area (Å²) in [6.45, 7) is 6.61. The quantitative estimate of drug-likeness (QED) is 0.875. The van der Waals surface area contributed by atoms with Gasteiger partial charge in [-0.1, -0.05) is 6.07 Å². The van der Waals surface area contributed by atoms with E-state index < -0.39 is 15.7 Å². The van der Waals surface area contributed by atoms with Crippen molar-refractivity contribution < 1.29 is 17.5 Å². The zero-order valence-electron chi connectivity index (χ0n) is 12.4. The second-order valence-electron chi connectivity index (χ2n) is 5.85. The van der Waals surface area contributed by atoms with Crippen molar-refractivity contribution in [2.75, 3.05) is 18.6 Å². The summed E-state index contributed by atoms with van der Waals surface area (Å²) in [5.74, 6) is -0.528. The van der Waals surface area contributed by atoms with Gasteiger partial charge < -0.3 is 10.1 Å². The maximum atomic E-state index is 13.8. The molecule has 0 saturated carbocycles. The highest BCUT2D eigenvalue weighted by Crippen LogP contribution is 2.18. The van der Waals surface area contributed by atoms with Gasteiger partial charge in [0.05, 0.1) is 5.75 Å². The van der Waals surface area contributed by atoms with E-state index in [-0.39, 0.29) is 23.6 Å². The molecule has 114 valence electrons. The number of hydrogen-bond donors (Lipinski definition) is 1. The Kier molecular flexibility index (Phi) is 5.53. The first-order valence-electron chi connectivity index (χ1n) is 6.41. The predicted octanol–water partition coefficient (Wildman–Crippen LogP) is 2.14. The molecular weight excluding hydrogens is 281 g/mol. The first kappa shape index (κ1) is 16.9. The molecule has 20 heavy (non-hydrogen) atoms. The van der Waals surface area contributed by atoms with E-state index in [9.17, 15) is 12.8 Å². The lowest BCUT2D eigenvalue weighted by Crippen LogP contribution is -2.35. The van der Waals surface area contributed by atoms with Gasteiger partial charge in [-0.25, -0.2) is 12.8 Å². The molecule has 6 heteroatoms. The minimum Gasteiger partial charge on any atom is -0.489 e. The van der Waals surface area contributed by atoms with Gasteiger partial charge in [-0.05, 0) is 38.5 Å². The molecule has 0 aliphatic carbocycles. The van der Waals surface area contributed by atoms with E-state index in [0.717, 1.165) is 11.8 Å². The van der Waals surface area contributed by atoms with Crippen LogP contribution in [0.1, 0.15) is 26.3 Å². The average molecular weight is 303 g/mol. The van der Waals surface area contributed by atoms with Crippen molar-refractivity contribution in [2.24, 2.45) is 0 Å². The molecule has 0 fully saturated rings. The molecule has 1 aromatic rings. The van der Waals surface area contributed by atoms with Crippen molar-refractivity contribution >= 4 is 9.84 Å². The Bertz CT molecular complexity index is 550. The number of benzene rings is 1. The van der Waals surface area contributed by atoms with Crippen molar-refractivity contribution in [1.82, 2.24) is 5.32 Å². The summed E-state index contributed by atoms with van der Waals surface area (Å²) in [7, 11) is -3.10. The monoisotopic (exact) mass is 303 g/mol. The SMILES string of the molecule is CC(C)(C)NCc1ccc(OCCS(C)(=O)=O)c(F)c1. The molecule has 0 aliphatic rings. The van der Waals surface area contributed by atoms with Gasteiger partial charge in [0.25, 0.3) is 0 Å². The van der Waals surface area contributed by atoms with E-state index in [1.54, 1.807) is 6.07 Å². The third-order valence-corrected chi connectivity index (χ3v) is 3.44. The molecule has 1 aromatic carbocycles. The maximum Gasteiger partial charge on any atom is 0.165 e. The van der Waals surface area contributed by atoms with Gasteiger partial charge in [0, 0.05) is 18.3 Å². The fourth-order valence-electron chi connectivity index (χ4n) is 1.44. The second kappa shape index (κ2) is 6.54. The van der Waals surface area contributed by atoms with Crippen molar-refractivity contribution in [3.05, 3.63) is 29.6 Å². The Hall–Kier alpha value is -1.14. The van der Waals surface area contributed by atoms with E-state index in [1.165, 1.54) is 12.1 Å². The standard InChI is InChI=1S/C14H22FNO3S/c1-14(2,3)16-10-11-5-6-13(12(15)9-11)19-7-8-20(4,17)18/h5-6,9,16H,7-8,10H2,1-4H3. The second-order valence-corrected chi connectivity index (χ2v) is 8.11. The molecule has 0 aliphatic heterocycles. The normalized spacial score (nSPS) is 12.4. The molecule has 0 aromatic heterocycles. The van der Waals surface area contributed by atoms with E-state index in [2.05, 4.69) is 5.32 Å². The first-order chi connectivity index (χ1) is 9.07. The number of sulfone groups is 1. The van der Waals surface area contributed by atoms with Gasteiger partial charge in [-0.15, -0.1) is 0 Å². The van der Waals surface area contributed by atoms with Crippen LogP contribution in [0.25, 0.3) is 0 Å². The van der Waals surface area contributed by atoms with E-state index in [0.29, 0.717) is 6.54 Å². The van der Waals surface area contributed by atoms with Gasteiger partial charge >= 0.3 is 0 Å². The zero-order chi connectivity index (χ0) is 15.4. The molecule has 0 bridgehead atoms. The van der Waals surface area contributed by atoms with Crippen LogP contribution in [-0.4, -0.2) is 32.6 Å². The highest BCUT2D eigenvalue weighted by Gasteiger charge is 2.11. The number of ether oxygens (including phenoxy) is 1. The molecular formula is C14H22FNO3S. The molecule has 0 spiro atoms. The number of nitrogens with one attached hydrogen (secondary N) is 1. The number of rotatable bonds is 6. The van der Waals surface area contributed by atoms with Gasteiger partial charge in [0.15, 0.2) is 21.4 Å². The van der Waals surface area contributed by atoms with Gasteiger partial charge in [0.1, 0.15) is 6.61 Å². The molecule has 0 atom stereocenters. The van der Waals surface area contributed by atoms with Crippen LogP contribution in [0.3, 0.4) is 0 Å². The highest BCUT2D eigenvalue weighted by atomic mass is 32.2. The Morgan fingerprint density at radius 2 is 1.95 bits per heavy atom. The molecule has 0 unspecified atom stereocenters. The molecule has 0 radical (unpaired) electrons. The van der Waals surface area contributed by atoms with E-state index in [4.69, 9.17) is 4.74 Å².